The third-order valence-corrected chi connectivity index (χ3v) is 5.16. The Morgan fingerprint density at radius 2 is 1.89 bits per heavy atom. The van der Waals surface area contributed by atoms with E-state index in [4.69, 9.17) is 9.15 Å². The fraction of sp³-hybridized carbons (Fsp3) is 0.476. The average molecular weight is 372 g/mol. The molecule has 0 atom stereocenters. The van der Waals surface area contributed by atoms with Crippen molar-refractivity contribution in [2.45, 2.75) is 25.9 Å². The topological polar surface area (TPSA) is 45.9 Å². The van der Waals surface area contributed by atoms with Gasteiger partial charge in [-0.1, -0.05) is 0 Å². The van der Waals surface area contributed by atoms with Crippen LogP contribution in [0.3, 0.4) is 0 Å². The summed E-state index contributed by atoms with van der Waals surface area (Å²) in [4.78, 5) is 17.1. The highest BCUT2D eigenvalue weighted by molar-refractivity contribution is 5.91. The van der Waals surface area contributed by atoms with E-state index in [9.17, 15) is 9.18 Å². The van der Waals surface area contributed by atoms with Gasteiger partial charge in [0.2, 0.25) is 0 Å². The van der Waals surface area contributed by atoms with Crippen LogP contribution in [0.15, 0.2) is 40.8 Å². The second-order valence-electron chi connectivity index (χ2n) is 7.40. The van der Waals surface area contributed by atoms with Gasteiger partial charge in [0, 0.05) is 26.2 Å². The molecule has 2 heterocycles. The monoisotopic (exact) mass is 372 g/mol. The number of nitrogens with zero attached hydrogens (tertiary/aromatic N) is 2. The average Bonchev–Trinajstić information content (AvgIpc) is 3.42. The molecule has 2 aromatic rings. The lowest BCUT2D eigenvalue weighted by Crippen LogP contribution is -2.35. The van der Waals surface area contributed by atoms with Gasteiger partial charge in [-0.15, -0.1) is 0 Å². The maximum atomic E-state index is 12.9. The molecule has 0 unspecified atom stereocenters. The van der Waals surface area contributed by atoms with Crippen molar-refractivity contribution in [1.82, 2.24) is 9.80 Å². The quantitative estimate of drug-likeness (QED) is 0.778. The first-order valence-electron chi connectivity index (χ1n) is 9.66. The van der Waals surface area contributed by atoms with Crippen LogP contribution in [0.5, 0.6) is 5.75 Å². The Kier molecular flexibility index (Phi) is 5.43. The summed E-state index contributed by atoms with van der Waals surface area (Å²) in [5, 5.41) is 0. The van der Waals surface area contributed by atoms with E-state index in [0.717, 1.165) is 38.5 Å². The van der Waals surface area contributed by atoms with E-state index < -0.39 is 0 Å². The molecule has 1 aromatic heterocycles. The Bertz CT molecular complexity index is 770. The molecule has 0 spiro atoms. The van der Waals surface area contributed by atoms with Gasteiger partial charge in [0.25, 0.3) is 5.91 Å². The highest BCUT2D eigenvalue weighted by atomic mass is 19.1. The number of carbonyl (C=O) groups is 1. The van der Waals surface area contributed by atoms with Crippen molar-refractivity contribution in [3.05, 3.63) is 53.7 Å². The highest BCUT2D eigenvalue weighted by Crippen LogP contribution is 2.30. The number of furan rings is 1. The first-order valence-corrected chi connectivity index (χ1v) is 9.66. The molecule has 0 N–H and O–H groups in total. The molecule has 1 aliphatic carbocycles. The Balaban J connectivity index is 1.30. The summed E-state index contributed by atoms with van der Waals surface area (Å²) in [5.74, 6) is 2.00. The van der Waals surface area contributed by atoms with E-state index in [0.29, 0.717) is 17.3 Å². The number of benzene rings is 1. The van der Waals surface area contributed by atoms with E-state index in [2.05, 4.69) is 4.90 Å². The fourth-order valence-electron chi connectivity index (χ4n) is 3.43. The van der Waals surface area contributed by atoms with Crippen LogP contribution in [-0.2, 0) is 6.61 Å². The normalized spacial score (nSPS) is 18.3. The van der Waals surface area contributed by atoms with E-state index in [-0.39, 0.29) is 18.3 Å². The molecule has 1 aliphatic heterocycles. The van der Waals surface area contributed by atoms with Crippen molar-refractivity contribution in [3.63, 3.8) is 0 Å². The van der Waals surface area contributed by atoms with Gasteiger partial charge in [-0.25, -0.2) is 4.39 Å². The van der Waals surface area contributed by atoms with Crippen LogP contribution in [-0.4, -0.2) is 48.4 Å². The zero-order chi connectivity index (χ0) is 18.6. The lowest BCUT2D eigenvalue weighted by atomic mass is 10.3. The number of hydrogen-bond donors (Lipinski definition) is 0. The van der Waals surface area contributed by atoms with Crippen molar-refractivity contribution in [2.75, 3.05) is 32.7 Å². The van der Waals surface area contributed by atoms with E-state index in [1.807, 2.05) is 4.90 Å². The summed E-state index contributed by atoms with van der Waals surface area (Å²) < 4.78 is 24.2. The lowest BCUT2D eigenvalue weighted by Gasteiger charge is -2.21. The summed E-state index contributed by atoms with van der Waals surface area (Å²) in [6.07, 6.45) is 3.71. The van der Waals surface area contributed by atoms with Crippen molar-refractivity contribution < 1.29 is 18.3 Å². The molecule has 1 saturated heterocycles. The Hall–Kier alpha value is -2.34. The third-order valence-electron chi connectivity index (χ3n) is 5.16. The molecule has 2 fully saturated rings. The largest absolute Gasteiger partial charge is 0.486 e. The van der Waals surface area contributed by atoms with Crippen LogP contribution in [0.25, 0.3) is 0 Å². The Morgan fingerprint density at radius 3 is 2.67 bits per heavy atom. The maximum absolute atomic E-state index is 12.9. The van der Waals surface area contributed by atoms with Gasteiger partial charge in [0.15, 0.2) is 5.76 Å². The summed E-state index contributed by atoms with van der Waals surface area (Å²) in [6.45, 7) is 4.89. The second-order valence-corrected chi connectivity index (χ2v) is 7.40. The van der Waals surface area contributed by atoms with E-state index in [1.165, 1.54) is 31.5 Å². The molecule has 1 amide bonds. The smallest absolute Gasteiger partial charge is 0.289 e. The number of ether oxygens (including phenoxy) is 1. The van der Waals surface area contributed by atoms with Crippen molar-refractivity contribution in [3.8, 4) is 5.75 Å². The molecule has 1 aromatic carbocycles. The SMILES string of the molecule is O=C(c1ccc(COc2ccc(F)cc2)o1)N1CCCN(CC2CC2)CC1. The molecule has 5 nitrogen and oxygen atoms in total. The second kappa shape index (κ2) is 8.13. The number of rotatable bonds is 6. The molecule has 6 heteroatoms. The van der Waals surface area contributed by atoms with Gasteiger partial charge >= 0.3 is 0 Å². The van der Waals surface area contributed by atoms with Crippen molar-refractivity contribution in [2.24, 2.45) is 5.92 Å². The zero-order valence-corrected chi connectivity index (χ0v) is 15.4. The summed E-state index contributed by atoms with van der Waals surface area (Å²) in [5.41, 5.74) is 0. The van der Waals surface area contributed by atoms with Gasteiger partial charge in [-0.3, -0.25) is 4.79 Å². The summed E-state index contributed by atoms with van der Waals surface area (Å²) in [6, 6.07) is 9.28. The number of carbonyl (C=O) groups excluding carboxylic acids is 1. The van der Waals surface area contributed by atoms with Gasteiger partial charge in [-0.2, -0.15) is 0 Å². The first-order chi connectivity index (χ1) is 13.2. The predicted molar refractivity (Wildman–Crippen MR) is 99.1 cm³/mol. The van der Waals surface area contributed by atoms with Gasteiger partial charge in [0.1, 0.15) is 23.9 Å². The molecule has 0 bridgehead atoms. The maximum Gasteiger partial charge on any atom is 0.289 e. The minimum Gasteiger partial charge on any atom is -0.486 e. The summed E-state index contributed by atoms with van der Waals surface area (Å²) in [7, 11) is 0. The zero-order valence-electron chi connectivity index (χ0n) is 15.4. The fourth-order valence-corrected chi connectivity index (χ4v) is 3.43. The van der Waals surface area contributed by atoms with Gasteiger partial charge < -0.3 is 19.0 Å². The molecule has 4 rings (SSSR count). The molecule has 1 saturated carbocycles. The third kappa shape index (κ3) is 4.89. The van der Waals surface area contributed by atoms with Crippen LogP contribution in [0.1, 0.15) is 35.6 Å². The van der Waals surface area contributed by atoms with Gasteiger partial charge in [0.05, 0.1) is 0 Å². The molecular weight excluding hydrogens is 347 g/mol. The van der Waals surface area contributed by atoms with E-state index in [1.54, 1.807) is 24.3 Å². The minimum atomic E-state index is -0.304. The minimum absolute atomic E-state index is 0.0590. The highest BCUT2D eigenvalue weighted by Gasteiger charge is 2.27. The van der Waals surface area contributed by atoms with Crippen LogP contribution in [0.2, 0.25) is 0 Å². The molecule has 144 valence electrons. The number of amides is 1. The Morgan fingerprint density at radius 1 is 1.07 bits per heavy atom. The van der Waals surface area contributed by atoms with Crippen LogP contribution >= 0.6 is 0 Å². The number of hydrogen-bond acceptors (Lipinski definition) is 4. The first kappa shape index (κ1) is 18.0. The molecule has 2 aliphatic rings. The van der Waals surface area contributed by atoms with Crippen LogP contribution in [0, 0.1) is 11.7 Å². The standard InChI is InChI=1S/C21H25FN2O3/c22-17-4-6-18(7-5-17)26-15-19-8-9-20(27-19)21(25)24-11-1-10-23(12-13-24)14-16-2-3-16/h4-9,16H,1-3,10-15H2. The summed E-state index contributed by atoms with van der Waals surface area (Å²) >= 11 is 0. The number of halogens is 1. The lowest BCUT2D eigenvalue weighted by molar-refractivity contribution is 0.0725. The predicted octanol–water partition coefficient (Wildman–Crippen LogP) is 3.56. The molecule has 0 radical (unpaired) electrons. The molecular formula is C21H25FN2O3. The van der Waals surface area contributed by atoms with Gasteiger partial charge in [-0.05, 0) is 68.1 Å². The molecule has 27 heavy (non-hydrogen) atoms. The van der Waals surface area contributed by atoms with E-state index >= 15 is 0 Å². The van der Waals surface area contributed by atoms with Crippen molar-refractivity contribution in [1.29, 1.82) is 0 Å². The van der Waals surface area contributed by atoms with Crippen LogP contribution in [0.4, 0.5) is 4.39 Å². The van der Waals surface area contributed by atoms with Crippen molar-refractivity contribution >= 4 is 5.91 Å². The Labute approximate surface area is 158 Å². The van der Waals surface area contributed by atoms with Crippen LogP contribution < -0.4 is 4.74 Å².